The van der Waals surface area contributed by atoms with Crippen molar-refractivity contribution in [3.05, 3.63) is 29.8 Å². The van der Waals surface area contributed by atoms with Gasteiger partial charge in [-0.05, 0) is 31.4 Å². The normalized spacial score (nSPS) is 15.9. The Morgan fingerprint density at radius 2 is 1.84 bits per heavy atom. The SMILES string of the molecule is Cc1ccccc1OCCC(=O)N1CCCCCC1. The minimum atomic E-state index is 0.232. The van der Waals surface area contributed by atoms with Gasteiger partial charge in [-0.15, -0.1) is 0 Å². The molecule has 0 N–H and O–H groups in total. The molecule has 0 atom stereocenters. The fourth-order valence-corrected chi connectivity index (χ4v) is 2.44. The second kappa shape index (κ2) is 7.17. The van der Waals surface area contributed by atoms with Crippen molar-refractivity contribution in [3.8, 4) is 5.75 Å². The Hall–Kier alpha value is -1.51. The number of benzene rings is 1. The first-order valence-corrected chi connectivity index (χ1v) is 7.23. The molecule has 0 unspecified atom stereocenters. The highest BCUT2D eigenvalue weighted by atomic mass is 16.5. The molecule has 1 aliphatic rings. The molecule has 2 rings (SSSR count). The fraction of sp³-hybridized carbons (Fsp3) is 0.562. The first kappa shape index (κ1) is 13.9. The number of ether oxygens (including phenoxy) is 1. The lowest BCUT2D eigenvalue weighted by Crippen LogP contribution is -2.32. The van der Waals surface area contributed by atoms with Crippen molar-refractivity contribution in [2.45, 2.75) is 39.0 Å². The van der Waals surface area contributed by atoms with Crippen molar-refractivity contribution in [3.63, 3.8) is 0 Å². The molecule has 1 saturated heterocycles. The first-order chi connectivity index (χ1) is 9.27. The van der Waals surface area contributed by atoms with E-state index in [1.807, 2.05) is 36.1 Å². The van der Waals surface area contributed by atoms with Gasteiger partial charge in [0, 0.05) is 13.1 Å². The summed E-state index contributed by atoms with van der Waals surface area (Å²) < 4.78 is 5.68. The van der Waals surface area contributed by atoms with Gasteiger partial charge in [0.1, 0.15) is 5.75 Å². The minimum absolute atomic E-state index is 0.232. The van der Waals surface area contributed by atoms with Crippen molar-refractivity contribution < 1.29 is 9.53 Å². The molecule has 3 heteroatoms. The van der Waals surface area contributed by atoms with E-state index < -0.39 is 0 Å². The molecule has 0 bridgehead atoms. The van der Waals surface area contributed by atoms with Crippen LogP contribution in [0.4, 0.5) is 0 Å². The molecule has 0 saturated carbocycles. The highest BCUT2D eigenvalue weighted by Crippen LogP contribution is 2.16. The average molecular weight is 261 g/mol. The predicted octanol–water partition coefficient (Wildman–Crippen LogP) is 3.17. The fourth-order valence-electron chi connectivity index (χ4n) is 2.44. The van der Waals surface area contributed by atoms with Crippen LogP contribution in [0.15, 0.2) is 24.3 Å². The van der Waals surface area contributed by atoms with Crippen molar-refractivity contribution in [2.24, 2.45) is 0 Å². The molecular formula is C16H23NO2. The Balaban J connectivity index is 1.76. The maximum absolute atomic E-state index is 12.1. The van der Waals surface area contributed by atoms with Gasteiger partial charge in [0.2, 0.25) is 5.91 Å². The summed E-state index contributed by atoms with van der Waals surface area (Å²) >= 11 is 0. The number of rotatable bonds is 4. The van der Waals surface area contributed by atoms with E-state index in [0.29, 0.717) is 13.0 Å². The summed E-state index contributed by atoms with van der Waals surface area (Å²) in [5.41, 5.74) is 1.12. The lowest BCUT2D eigenvalue weighted by atomic mass is 10.2. The lowest BCUT2D eigenvalue weighted by Gasteiger charge is -2.20. The van der Waals surface area contributed by atoms with Crippen LogP contribution >= 0.6 is 0 Å². The second-order valence-electron chi connectivity index (χ2n) is 5.16. The van der Waals surface area contributed by atoms with Crippen LogP contribution in [-0.4, -0.2) is 30.5 Å². The number of para-hydroxylation sites is 1. The monoisotopic (exact) mass is 261 g/mol. The van der Waals surface area contributed by atoms with Crippen LogP contribution in [0.1, 0.15) is 37.7 Å². The molecule has 1 aromatic carbocycles. The molecular weight excluding hydrogens is 238 g/mol. The molecule has 1 aliphatic heterocycles. The molecule has 1 aromatic rings. The van der Waals surface area contributed by atoms with Gasteiger partial charge in [0.05, 0.1) is 13.0 Å². The summed E-state index contributed by atoms with van der Waals surface area (Å²) in [6, 6.07) is 7.92. The lowest BCUT2D eigenvalue weighted by molar-refractivity contribution is -0.131. The molecule has 1 heterocycles. The Morgan fingerprint density at radius 1 is 1.16 bits per heavy atom. The Kier molecular flexibility index (Phi) is 5.25. The van der Waals surface area contributed by atoms with E-state index in [0.717, 1.165) is 37.2 Å². The quantitative estimate of drug-likeness (QED) is 0.833. The molecule has 0 aromatic heterocycles. The molecule has 104 valence electrons. The third-order valence-corrected chi connectivity index (χ3v) is 3.63. The van der Waals surface area contributed by atoms with Crippen LogP contribution in [-0.2, 0) is 4.79 Å². The van der Waals surface area contributed by atoms with Gasteiger partial charge in [-0.3, -0.25) is 4.79 Å². The van der Waals surface area contributed by atoms with Crippen LogP contribution in [0.5, 0.6) is 5.75 Å². The van der Waals surface area contributed by atoms with E-state index in [1.54, 1.807) is 0 Å². The van der Waals surface area contributed by atoms with Gasteiger partial charge < -0.3 is 9.64 Å². The van der Waals surface area contributed by atoms with Crippen molar-refractivity contribution in [2.75, 3.05) is 19.7 Å². The van der Waals surface area contributed by atoms with Gasteiger partial charge in [0.15, 0.2) is 0 Å². The zero-order chi connectivity index (χ0) is 13.5. The third-order valence-electron chi connectivity index (χ3n) is 3.63. The number of carbonyl (C=O) groups is 1. The van der Waals surface area contributed by atoms with E-state index in [9.17, 15) is 4.79 Å². The Bertz CT molecular complexity index is 409. The molecule has 1 amide bonds. The summed E-state index contributed by atoms with van der Waals surface area (Å²) in [6.45, 7) is 4.33. The Morgan fingerprint density at radius 3 is 2.53 bits per heavy atom. The standard InChI is InChI=1S/C16H23NO2/c1-14-8-4-5-9-15(14)19-13-10-16(18)17-11-6-2-3-7-12-17/h4-5,8-9H,2-3,6-7,10-13H2,1H3. The molecule has 1 fully saturated rings. The minimum Gasteiger partial charge on any atom is -0.493 e. The first-order valence-electron chi connectivity index (χ1n) is 7.23. The van der Waals surface area contributed by atoms with E-state index in [2.05, 4.69) is 0 Å². The third kappa shape index (κ3) is 4.27. The van der Waals surface area contributed by atoms with Gasteiger partial charge >= 0.3 is 0 Å². The van der Waals surface area contributed by atoms with Crippen LogP contribution in [0.3, 0.4) is 0 Å². The molecule has 0 spiro atoms. The summed E-state index contributed by atoms with van der Waals surface area (Å²) in [7, 11) is 0. The predicted molar refractivity (Wildman–Crippen MR) is 76.3 cm³/mol. The van der Waals surface area contributed by atoms with Gasteiger partial charge in [-0.1, -0.05) is 31.0 Å². The van der Waals surface area contributed by atoms with Crippen LogP contribution < -0.4 is 4.74 Å². The highest BCUT2D eigenvalue weighted by molar-refractivity contribution is 5.76. The number of hydrogen-bond donors (Lipinski definition) is 0. The average Bonchev–Trinajstić information content (AvgIpc) is 2.70. The molecule has 3 nitrogen and oxygen atoms in total. The number of carbonyl (C=O) groups excluding carboxylic acids is 1. The zero-order valence-corrected chi connectivity index (χ0v) is 11.7. The Labute approximate surface area is 115 Å². The van der Waals surface area contributed by atoms with Crippen LogP contribution in [0.25, 0.3) is 0 Å². The van der Waals surface area contributed by atoms with Crippen LogP contribution in [0.2, 0.25) is 0 Å². The van der Waals surface area contributed by atoms with Gasteiger partial charge in [-0.25, -0.2) is 0 Å². The highest BCUT2D eigenvalue weighted by Gasteiger charge is 2.15. The zero-order valence-electron chi connectivity index (χ0n) is 11.7. The smallest absolute Gasteiger partial charge is 0.225 e. The van der Waals surface area contributed by atoms with Crippen molar-refractivity contribution in [1.29, 1.82) is 0 Å². The molecule has 0 aliphatic carbocycles. The summed E-state index contributed by atoms with van der Waals surface area (Å²) in [4.78, 5) is 14.1. The summed E-state index contributed by atoms with van der Waals surface area (Å²) in [6.07, 6.45) is 5.27. The molecule has 19 heavy (non-hydrogen) atoms. The number of nitrogens with zero attached hydrogens (tertiary/aromatic N) is 1. The van der Waals surface area contributed by atoms with Crippen molar-refractivity contribution >= 4 is 5.91 Å². The number of hydrogen-bond acceptors (Lipinski definition) is 2. The van der Waals surface area contributed by atoms with E-state index in [1.165, 1.54) is 12.8 Å². The van der Waals surface area contributed by atoms with Crippen molar-refractivity contribution in [1.82, 2.24) is 4.90 Å². The van der Waals surface area contributed by atoms with E-state index >= 15 is 0 Å². The van der Waals surface area contributed by atoms with Crippen LogP contribution in [0, 0.1) is 6.92 Å². The van der Waals surface area contributed by atoms with Gasteiger partial charge in [0.25, 0.3) is 0 Å². The van der Waals surface area contributed by atoms with E-state index in [-0.39, 0.29) is 5.91 Å². The number of likely N-dealkylation sites (tertiary alicyclic amines) is 1. The van der Waals surface area contributed by atoms with Gasteiger partial charge in [-0.2, -0.15) is 0 Å². The number of aryl methyl sites for hydroxylation is 1. The molecule has 0 radical (unpaired) electrons. The second-order valence-corrected chi connectivity index (χ2v) is 5.16. The maximum Gasteiger partial charge on any atom is 0.225 e. The topological polar surface area (TPSA) is 29.5 Å². The number of amides is 1. The summed E-state index contributed by atoms with van der Waals surface area (Å²) in [5, 5.41) is 0. The largest absolute Gasteiger partial charge is 0.493 e. The van der Waals surface area contributed by atoms with E-state index in [4.69, 9.17) is 4.74 Å². The maximum atomic E-state index is 12.1. The summed E-state index contributed by atoms with van der Waals surface area (Å²) in [5.74, 6) is 1.11.